The number of nitrogen functional groups attached to an aromatic ring is 1. The summed E-state index contributed by atoms with van der Waals surface area (Å²) in [6.45, 7) is 8.52. The number of rotatable bonds is 3. The van der Waals surface area contributed by atoms with Gasteiger partial charge in [0.2, 0.25) is 0 Å². The van der Waals surface area contributed by atoms with Crippen molar-refractivity contribution >= 4 is 5.95 Å². The first-order valence-corrected chi connectivity index (χ1v) is 5.91. The van der Waals surface area contributed by atoms with Crippen molar-refractivity contribution in [2.45, 2.75) is 20.0 Å². The molecule has 16 heavy (non-hydrogen) atoms. The summed E-state index contributed by atoms with van der Waals surface area (Å²) in [5, 5.41) is 0. The molecule has 90 valence electrons. The van der Waals surface area contributed by atoms with E-state index in [1.807, 2.05) is 6.20 Å². The lowest BCUT2D eigenvalue weighted by Crippen LogP contribution is -2.44. The first-order chi connectivity index (χ1) is 7.70. The van der Waals surface area contributed by atoms with Crippen LogP contribution in [0.5, 0.6) is 0 Å². The van der Waals surface area contributed by atoms with Gasteiger partial charge in [0.1, 0.15) is 0 Å². The summed E-state index contributed by atoms with van der Waals surface area (Å²) in [6, 6.07) is 0. The highest BCUT2D eigenvalue weighted by molar-refractivity contribution is 5.22. The lowest BCUT2D eigenvalue weighted by atomic mass is 10.3. The Bertz CT molecular complexity index is 338. The van der Waals surface area contributed by atoms with Crippen molar-refractivity contribution in [3.8, 4) is 0 Å². The molecule has 1 fully saturated rings. The van der Waals surface area contributed by atoms with Gasteiger partial charge in [0, 0.05) is 39.3 Å². The van der Waals surface area contributed by atoms with Gasteiger partial charge >= 0.3 is 0 Å². The number of aromatic nitrogens is 2. The first kappa shape index (κ1) is 11.4. The fraction of sp³-hybridized carbons (Fsp3) is 0.727. The molecule has 2 rings (SSSR count). The van der Waals surface area contributed by atoms with E-state index in [0.717, 1.165) is 39.3 Å². The van der Waals surface area contributed by atoms with Crippen LogP contribution in [-0.2, 0) is 13.1 Å². The normalized spacial score (nSPS) is 19.1. The van der Waals surface area contributed by atoms with Gasteiger partial charge in [-0.05, 0) is 14.0 Å². The molecule has 0 spiro atoms. The molecule has 1 aromatic rings. The largest absolute Gasteiger partial charge is 0.369 e. The second kappa shape index (κ2) is 4.84. The van der Waals surface area contributed by atoms with Crippen LogP contribution in [-0.4, -0.2) is 52.6 Å². The standard InChI is InChI=1S/C11H21N5/c1-3-16-10(8-13-11(16)12)9-15-6-4-14(2)5-7-15/h8H,3-7,9H2,1-2H3,(H2,12,13). The topological polar surface area (TPSA) is 50.3 Å². The number of nitrogens with zero attached hydrogens (tertiary/aromatic N) is 4. The number of imidazole rings is 1. The quantitative estimate of drug-likeness (QED) is 0.797. The molecule has 5 nitrogen and oxygen atoms in total. The molecule has 5 heteroatoms. The van der Waals surface area contributed by atoms with E-state index in [-0.39, 0.29) is 0 Å². The number of hydrogen-bond acceptors (Lipinski definition) is 4. The van der Waals surface area contributed by atoms with Crippen LogP contribution in [0.4, 0.5) is 5.95 Å². The van der Waals surface area contributed by atoms with Crippen molar-refractivity contribution in [2.75, 3.05) is 39.0 Å². The molecule has 1 aliphatic rings. The van der Waals surface area contributed by atoms with Gasteiger partial charge < -0.3 is 15.2 Å². The lowest BCUT2D eigenvalue weighted by Gasteiger charge is -2.32. The summed E-state index contributed by atoms with van der Waals surface area (Å²) in [5.41, 5.74) is 7.03. The van der Waals surface area contributed by atoms with E-state index in [1.165, 1.54) is 5.69 Å². The molecule has 2 heterocycles. The summed E-state index contributed by atoms with van der Waals surface area (Å²) in [6.07, 6.45) is 1.90. The zero-order valence-electron chi connectivity index (χ0n) is 10.2. The molecule has 0 bridgehead atoms. The van der Waals surface area contributed by atoms with E-state index in [9.17, 15) is 0 Å². The zero-order chi connectivity index (χ0) is 11.5. The maximum Gasteiger partial charge on any atom is 0.200 e. The number of anilines is 1. The van der Waals surface area contributed by atoms with Gasteiger partial charge in [0.25, 0.3) is 0 Å². The fourth-order valence-electron chi connectivity index (χ4n) is 2.15. The summed E-state index contributed by atoms with van der Waals surface area (Å²) in [7, 11) is 2.17. The SMILES string of the molecule is CCn1c(CN2CCN(C)CC2)cnc1N. The predicted octanol–water partition coefficient (Wildman–Crippen LogP) is 0.233. The molecule has 0 atom stereocenters. The summed E-state index contributed by atoms with van der Waals surface area (Å²) in [4.78, 5) is 9.00. The van der Waals surface area contributed by atoms with Crippen molar-refractivity contribution < 1.29 is 0 Å². The first-order valence-electron chi connectivity index (χ1n) is 5.91. The molecule has 1 aliphatic heterocycles. The van der Waals surface area contributed by atoms with Crippen LogP contribution in [0.3, 0.4) is 0 Å². The van der Waals surface area contributed by atoms with Crippen LogP contribution >= 0.6 is 0 Å². The molecular weight excluding hydrogens is 202 g/mol. The van der Waals surface area contributed by atoms with Crippen LogP contribution in [0.15, 0.2) is 6.20 Å². The Balaban J connectivity index is 1.98. The van der Waals surface area contributed by atoms with Crippen molar-refractivity contribution in [2.24, 2.45) is 0 Å². The minimum Gasteiger partial charge on any atom is -0.369 e. The summed E-state index contributed by atoms with van der Waals surface area (Å²) >= 11 is 0. The van der Waals surface area contributed by atoms with Crippen LogP contribution in [0.25, 0.3) is 0 Å². The van der Waals surface area contributed by atoms with E-state index in [4.69, 9.17) is 5.73 Å². The van der Waals surface area contributed by atoms with Crippen LogP contribution in [0.1, 0.15) is 12.6 Å². The van der Waals surface area contributed by atoms with E-state index >= 15 is 0 Å². The van der Waals surface area contributed by atoms with Gasteiger partial charge in [-0.15, -0.1) is 0 Å². The maximum atomic E-state index is 5.80. The third-order valence-corrected chi connectivity index (χ3v) is 3.27. The van der Waals surface area contributed by atoms with Crippen LogP contribution in [0.2, 0.25) is 0 Å². The Kier molecular flexibility index (Phi) is 3.46. The molecule has 0 radical (unpaired) electrons. The molecule has 0 saturated carbocycles. The Hall–Kier alpha value is -1.07. The Morgan fingerprint density at radius 2 is 2.00 bits per heavy atom. The lowest BCUT2D eigenvalue weighted by molar-refractivity contribution is 0.145. The molecule has 0 aliphatic carbocycles. The molecule has 1 aromatic heterocycles. The van der Waals surface area contributed by atoms with E-state index in [1.54, 1.807) is 0 Å². The second-order valence-electron chi connectivity index (χ2n) is 4.43. The average Bonchev–Trinajstić information content (AvgIpc) is 2.63. The number of hydrogen-bond donors (Lipinski definition) is 1. The number of likely N-dealkylation sites (N-methyl/N-ethyl adjacent to an activating group) is 1. The van der Waals surface area contributed by atoms with Crippen molar-refractivity contribution in [3.63, 3.8) is 0 Å². The number of piperazine rings is 1. The number of nitrogens with two attached hydrogens (primary N) is 1. The monoisotopic (exact) mass is 223 g/mol. The maximum absolute atomic E-state index is 5.80. The molecule has 0 unspecified atom stereocenters. The van der Waals surface area contributed by atoms with Crippen molar-refractivity contribution in [1.29, 1.82) is 0 Å². The molecule has 1 saturated heterocycles. The Labute approximate surface area is 96.8 Å². The zero-order valence-corrected chi connectivity index (χ0v) is 10.2. The third kappa shape index (κ3) is 2.36. The Morgan fingerprint density at radius 3 is 2.62 bits per heavy atom. The van der Waals surface area contributed by atoms with Gasteiger partial charge in [-0.2, -0.15) is 0 Å². The highest BCUT2D eigenvalue weighted by Crippen LogP contribution is 2.11. The molecule has 0 aromatic carbocycles. The van der Waals surface area contributed by atoms with Crippen LogP contribution in [0, 0.1) is 0 Å². The minimum atomic E-state index is 0.631. The predicted molar refractivity (Wildman–Crippen MR) is 65.1 cm³/mol. The molecular formula is C11H21N5. The second-order valence-corrected chi connectivity index (χ2v) is 4.43. The highest BCUT2D eigenvalue weighted by Gasteiger charge is 2.16. The van der Waals surface area contributed by atoms with Gasteiger partial charge in [0.15, 0.2) is 5.95 Å². The van der Waals surface area contributed by atoms with Gasteiger partial charge in [-0.1, -0.05) is 0 Å². The van der Waals surface area contributed by atoms with Gasteiger partial charge in [-0.25, -0.2) is 4.98 Å². The fourth-order valence-corrected chi connectivity index (χ4v) is 2.15. The minimum absolute atomic E-state index is 0.631. The smallest absolute Gasteiger partial charge is 0.200 e. The molecule has 0 amide bonds. The van der Waals surface area contributed by atoms with Crippen molar-refractivity contribution in [1.82, 2.24) is 19.4 Å². The highest BCUT2D eigenvalue weighted by atomic mass is 15.3. The van der Waals surface area contributed by atoms with Gasteiger partial charge in [0.05, 0.1) is 11.9 Å². The average molecular weight is 223 g/mol. The summed E-state index contributed by atoms with van der Waals surface area (Å²) < 4.78 is 2.08. The van der Waals surface area contributed by atoms with E-state index < -0.39 is 0 Å². The van der Waals surface area contributed by atoms with Crippen LogP contribution < -0.4 is 5.73 Å². The summed E-state index contributed by atoms with van der Waals surface area (Å²) in [5.74, 6) is 0.631. The van der Waals surface area contributed by atoms with Crippen molar-refractivity contribution in [3.05, 3.63) is 11.9 Å². The van der Waals surface area contributed by atoms with E-state index in [2.05, 4.69) is 33.3 Å². The molecule has 2 N–H and O–H groups in total. The van der Waals surface area contributed by atoms with Gasteiger partial charge in [-0.3, -0.25) is 4.90 Å². The third-order valence-electron chi connectivity index (χ3n) is 3.27. The van der Waals surface area contributed by atoms with E-state index in [0.29, 0.717) is 5.95 Å². The Morgan fingerprint density at radius 1 is 1.31 bits per heavy atom.